The molecule has 2 aromatic carbocycles. The van der Waals surface area contributed by atoms with Gasteiger partial charge >= 0.3 is 0 Å². The van der Waals surface area contributed by atoms with Crippen molar-refractivity contribution < 1.29 is 9.21 Å². The molecule has 28 heavy (non-hydrogen) atoms. The van der Waals surface area contributed by atoms with Crippen LogP contribution in [0.1, 0.15) is 23.2 Å². The highest BCUT2D eigenvalue weighted by atomic mass is 16.4. The van der Waals surface area contributed by atoms with Crippen LogP contribution in [0, 0.1) is 12.3 Å². The third-order valence-electron chi connectivity index (χ3n) is 4.35. The predicted octanol–water partition coefficient (Wildman–Crippen LogP) is 4.22. The maximum Gasteiger partial charge on any atom is 0.251 e. The number of aromatic nitrogens is 1. The molecule has 0 fully saturated rings. The lowest BCUT2D eigenvalue weighted by Crippen LogP contribution is -2.24. The third kappa shape index (κ3) is 4.60. The van der Waals surface area contributed by atoms with Crippen molar-refractivity contribution >= 4 is 11.6 Å². The molecule has 0 bridgehead atoms. The van der Waals surface area contributed by atoms with E-state index in [4.69, 9.17) is 10.8 Å². The first-order valence-corrected chi connectivity index (χ1v) is 9.14. The summed E-state index contributed by atoms with van der Waals surface area (Å²) in [5, 5.41) is 2.85. The molecular formula is C23H23N3O2. The number of hydrogen-bond donors (Lipinski definition) is 1. The van der Waals surface area contributed by atoms with E-state index in [2.05, 4.69) is 16.2 Å². The number of anilines is 1. The minimum absolute atomic E-state index is 0.113. The summed E-state index contributed by atoms with van der Waals surface area (Å²) in [6.07, 6.45) is 8.35. The Labute approximate surface area is 165 Å². The number of oxazole rings is 1. The SMILES string of the molecule is C#CCCCNC(=O)c1ccc(-c2ncc(-c3ccc(N(C)C)cc3)o2)cc1. The van der Waals surface area contributed by atoms with Gasteiger partial charge in [-0.25, -0.2) is 4.98 Å². The monoisotopic (exact) mass is 373 g/mol. The molecular weight excluding hydrogens is 350 g/mol. The molecule has 0 saturated carbocycles. The molecule has 0 atom stereocenters. The summed E-state index contributed by atoms with van der Waals surface area (Å²) in [5.41, 5.74) is 3.50. The second-order valence-corrected chi connectivity index (χ2v) is 6.61. The number of benzene rings is 2. The van der Waals surface area contributed by atoms with E-state index < -0.39 is 0 Å². The first kappa shape index (κ1) is 19.2. The quantitative estimate of drug-likeness (QED) is 0.498. The standard InChI is InChI=1S/C23H23N3O2/c1-4-5-6-15-24-22(27)18-7-9-19(10-8-18)23-25-16-21(28-23)17-11-13-20(14-12-17)26(2)3/h1,7-14,16H,5-6,15H2,2-3H3,(H,24,27). The number of carbonyl (C=O) groups excluding carboxylic acids is 1. The van der Waals surface area contributed by atoms with Crippen molar-refractivity contribution in [1.29, 1.82) is 0 Å². The van der Waals surface area contributed by atoms with Crippen LogP contribution in [0.2, 0.25) is 0 Å². The fourth-order valence-corrected chi connectivity index (χ4v) is 2.72. The van der Waals surface area contributed by atoms with Gasteiger partial charge in [0, 0.05) is 49.4 Å². The first-order valence-electron chi connectivity index (χ1n) is 9.14. The maximum absolute atomic E-state index is 12.1. The number of unbranched alkanes of at least 4 members (excludes halogenated alkanes) is 1. The molecule has 1 amide bonds. The number of carbonyl (C=O) groups is 1. The lowest BCUT2D eigenvalue weighted by Gasteiger charge is -2.11. The van der Waals surface area contributed by atoms with Gasteiger partial charge in [-0.05, 0) is 55.0 Å². The van der Waals surface area contributed by atoms with Crippen LogP contribution >= 0.6 is 0 Å². The normalized spacial score (nSPS) is 10.3. The zero-order chi connectivity index (χ0) is 19.9. The first-order chi connectivity index (χ1) is 13.6. The minimum atomic E-state index is -0.113. The Morgan fingerprint density at radius 2 is 1.79 bits per heavy atom. The van der Waals surface area contributed by atoms with Crippen LogP contribution in [0.25, 0.3) is 22.8 Å². The van der Waals surface area contributed by atoms with Crippen molar-refractivity contribution in [2.75, 3.05) is 25.5 Å². The fourth-order valence-electron chi connectivity index (χ4n) is 2.72. The summed E-state index contributed by atoms with van der Waals surface area (Å²) >= 11 is 0. The zero-order valence-corrected chi connectivity index (χ0v) is 16.1. The molecule has 0 aliphatic carbocycles. The van der Waals surface area contributed by atoms with E-state index >= 15 is 0 Å². The molecule has 1 aromatic heterocycles. The van der Waals surface area contributed by atoms with Crippen LogP contribution in [0.4, 0.5) is 5.69 Å². The number of nitrogens with one attached hydrogen (secondary N) is 1. The van der Waals surface area contributed by atoms with Gasteiger partial charge in [-0.15, -0.1) is 12.3 Å². The van der Waals surface area contributed by atoms with Gasteiger partial charge in [-0.2, -0.15) is 0 Å². The van der Waals surface area contributed by atoms with Crippen molar-refractivity contribution in [2.45, 2.75) is 12.8 Å². The lowest BCUT2D eigenvalue weighted by atomic mass is 10.1. The molecule has 5 heteroatoms. The fraction of sp³-hybridized carbons (Fsp3) is 0.217. The highest BCUT2D eigenvalue weighted by Gasteiger charge is 2.10. The van der Waals surface area contributed by atoms with Crippen molar-refractivity contribution in [2.24, 2.45) is 0 Å². The van der Waals surface area contributed by atoms with E-state index in [1.807, 2.05) is 55.4 Å². The predicted molar refractivity (Wildman–Crippen MR) is 112 cm³/mol. The number of rotatable bonds is 7. The molecule has 0 aliphatic heterocycles. The molecule has 0 saturated heterocycles. The van der Waals surface area contributed by atoms with Crippen LogP contribution in [-0.4, -0.2) is 31.5 Å². The maximum atomic E-state index is 12.1. The summed E-state index contributed by atoms with van der Waals surface area (Å²) in [4.78, 5) is 18.5. The zero-order valence-electron chi connectivity index (χ0n) is 16.1. The molecule has 3 aromatic rings. The van der Waals surface area contributed by atoms with Gasteiger partial charge < -0.3 is 14.6 Å². The summed E-state index contributed by atoms with van der Waals surface area (Å²) in [6, 6.07) is 15.3. The molecule has 0 radical (unpaired) electrons. The second-order valence-electron chi connectivity index (χ2n) is 6.61. The lowest BCUT2D eigenvalue weighted by molar-refractivity contribution is 0.0953. The van der Waals surface area contributed by atoms with E-state index in [-0.39, 0.29) is 5.91 Å². The summed E-state index contributed by atoms with van der Waals surface area (Å²) in [7, 11) is 4.01. The van der Waals surface area contributed by atoms with Crippen molar-refractivity contribution in [3.63, 3.8) is 0 Å². The Bertz CT molecular complexity index is 964. The summed E-state index contributed by atoms with van der Waals surface area (Å²) in [6.45, 7) is 0.570. The molecule has 0 spiro atoms. The molecule has 0 aliphatic rings. The molecule has 5 nitrogen and oxygen atoms in total. The van der Waals surface area contributed by atoms with Crippen molar-refractivity contribution in [3.8, 4) is 35.1 Å². The third-order valence-corrected chi connectivity index (χ3v) is 4.35. The Morgan fingerprint density at radius 1 is 1.11 bits per heavy atom. The largest absolute Gasteiger partial charge is 0.436 e. The summed E-state index contributed by atoms with van der Waals surface area (Å²) < 4.78 is 5.90. The van der Waals surface area contributed by atoms with E-state index in [9.17, 15) is 4.79 Å². The molecule has 0 unspecified atom stereocenters. The molecule has 1 heterocycles. The topological polar surface area (TPSA) is 58.4 Å². The highest BCUT2D eigenvalue weighted by molar-refractivity contribution is 5.94. The van der Waals surface area contributed by atoms with Gasteiger partial charge in [-0.1, -0.05) is 0 Å². The van der Waals surface area contributed by atoms with Crippen LogP contribution in [0.3, 0.4) is 0 Å². The van der Waals surface area contributed by atoms with Gasteiger partial charge in [0.2, 0.25) is 5.89 Å². The van der Waals surface area contributed by atoms with E-state index in [0.717, 1.165) is 23.2 Å². The number of hydrogen-bond acceptors (Lipinski definition) is 4. The Morgan fingerprint density at radius 3 is 2.43 bits per heavy atom. The van der Waals surface area contributed by atoms with Gasteiger partial charge in [0.25, 0.3) is 5.91 Å². The number of amides is 1. The van der Waals surface area contributed by atoms with Gasteiger partial charge in [-0.3, -0.25) is 4.79 Å². The Hall–Kier alpha value is -3.52. The van der Waals surface area contributed by atoms with Crippen LogP contribution in [0.15, 0.2) is 59.1 Å². The van der Waals surface area contributed by atoms with Gasteiger partial charge in [0.15, 0.2) is 5.76 Å². The Balaban J connectivity index is 1.68. The minimum Gasteiger partial charge on any atom is -0.436 e. The van der Waals surface area contributed by atoms with Gasteiger partial charge in [0.1, 0.15) is 0 Å². The number of terminal acetylenes is 1. The van der Waals surface area contributed by atoms with E-state index in [0.29, 0.717) is 30.2 Å². The van der Waals surface area contributed by atoms with E-state index in [1.165, 1.54) is 0 Å². The van der Waals surface area contributed by atoms with Gasteiger partial charge in [0.05, 0.1) is 6.20 Å². The highest BCUT2D eigenvalue weighted by Crippen LogP contribution is 2.27. The average Bonchev–Trinajstić information content (AvgIpc) is 3.21. The van der Waals surface area contributed by atoms with Crippen LogP contribution in [0.5, 0.6) is 0 Å². The second kappa shape index (κ2) is 8.92. The van der Waals surface area contributed by atoms with E-state index in [1.54, 1.807) is 18.3 Å². The smallest absolute Gasteiger partial charge is 0.251 e. The van der Waals surface area contributed by atoms with Crippen molar-refractivity contribution in [1.82, 2.24) is 10.3 Å². The molecule has 1 N–H and O–H groups in total. The average molecular weight is 373 g/mol. The molecule has 142 valence electrons. The van der Waals surface area contributed by atoms with Crippen LogP contribution in [-0.2, 0) is 0 Å². The van der Waals surface area contributed by atoms with Crippen LogP contribution < -0.4 is 10.2 Å². The molecule has 3 rings (SSSR count). The van der Waals surface area contributed by atoms with Crippen molar-refractivity contribution in [3.05, 3.63) is 60.3 Å². The number of nitrogens with zero attached hydrogens (tertiary/aromatic N) is 2. The summed E-state index contributed by atoms with van der Waals surface area (Å²) in [5.74, 6) is 3.67. The Kier molecular flexibility index (Phi) is 6.13.